The highest BCUT2D eigenvalue weighted by Crippen LogP contribution is 2.14. The summed E-state index contributed by atoms with van der Waals surface area (Å²) < 4.78 is 0. The number of aromatic nitrogens is 1. The van der Waals surface area contributed by atoms with Crippen molar-refractivity contribution >= 4 is 0 Å². The number of aryl methyl sites for hydroxylation is 1. The number of piperidine rings is 1. The summed E-state index contributed by atoms with van der Waals surface area (Å²) in [5.74, 6) is 0. The molecule has 0 spiro atoms. The Bertz CT molecular complexity index is 334. The number of nitrogens with zero attached hydrogens (tertiary/aromatic N) is 2. The summed E-state index contributed by atoms with van der Waals surface area (Å²) in [7, 11) is 2.23. The Morgan fingerprint density at radius 1 is 1.41 bits per heavy atom. The van der Waals surface area contributed by atoms with Crippen molar-refractivity contribution in [3.63, 3.8) is 0 Å². The van der Waals surface area contributed by atoms with Crippen molar-refractivity contribution in [2.75, 3.05) is 20.1 Å². The molecule has 2 rings (SSSR count). The average molecular weight is 233 g/mol. The maximum atomic E-state index is 4.40. The van der Waals surface area contributed by atoms with E-state index in [0.717, 1.165) is 18.8 Å². The molecule has 1 aliphatic heterocycles. The molecule has 2 heterocycles. The summed E-state index contributed by atoms with van der Waals surface area (Å²) >= 11 is 0. The predicted molar refractivity (Wildman–Crippen MR) is 70.9 cm³/mol. The number of likely N-dealkylation sites (tertiary alicyclic amines) is 1. The van der Waals surface area contributed by atoms with Gasteiger partial charge >= 0.3 is 0 Å². The molecule has 1 aromatic heterocycles. The van der Waals surface area contributed by atoms with Crippen molar-refractivity contribution in [1.82, 2.24) is 15.2 Å². The Kier molecular flexibility index (Phi) is 4.51. The van der Waals surface area contributed by atoms with E-state index >= 15 is 0 Å². The van der Waals surface area contributed by atoms with Gasteiger partial charge in [-0.25, -0.2) is 0 Å². The SMILES string of the molecule is Cc1ccc(CNCC2CCCCN2C)nc1. The molecule has 1 fully saturated rings. The highest BCUT2D eigenvalue weighted by Gasteiger charge is 2.17. The lowest BCUT2D eigenvalue weighted by Crippen LogP contribution is -2.42. The van der Waals surface area contributed by atoms with Crippen molar-refractivity contribution in [3.8, 4) is 0 Å². The summed E-state index contributed by atoms with van der Waals surface area (Å²) in [6, 6.07) is 4.93. The molecular weight excluding hydrogens is 210 g/mol. The Morgan fingerprint density at radius 3 is 3.00 bits per heavy atom. The second-order valence-electron chi connectivity index (χ2n) is 5.09. The van der Waals surface area contributed by atoms with Crippen LogP contribution in [0.5, 0.6) is 0 Å². The van der Waals surface area contributed by atoms with Crippen LogP contribution < -0.4 is 5.32 Å². The first-order valence-electron chi connectivity index (χ1n) is 6.58. The van der Waals surface area contributed by atoms with Crippen LogP contribution in [-0.4, -0.2) is 36.1 Å². The van der Waals surface area contributed by atoms with Crippen LogP contribution in [0.25, 0.3) is 0 Å². The largest absolute Gasteiger partial charge is 0.310 e. The van der Waals surface area contributed by atoms with Gasteiger partial charge in [-0.15, -0.1) is 0 Å². The van der Waals surface area contributed by atoms with Gasteiger partial charge in [-0.2, -0.15) is 0 Å². The van der Waals surface area contributed by atoms with E-state index in [1.165, 1.54) is 31.4 Å². The third-order valence-corrected chi connectivity index (χ3v) is 3.58. The molecule has 0 amide bonds. The third kappa shape index (κ3) is 3.79. The zero-order chi connectivity index (χ0) is 12.1. The number of pyridine rings is 1. The maximum Gasteiger partial charge on any atom is 0.0541 e. The smallest absolute Gasteiger partial charge is 0.0541 e. The van der Waals surface area contributed by atoms with Gasteiger partial charge < -0.3 is 10.2 Å². The number of hydrogen-bond acceptors (Lipinski definition) is 3. The highest BCUT2D eigenvalue weighted by atomic mass is 15.2. The zero-order valence-corrected chi connectivity index (χ0v) is 10.9. The molecule has 1 atom stereocenters. The predicted octanol–water partition coefficient (Wildman–Crippen LogP) is 1.96. The van der Waals surface area contributed by atoms with Crippen LogP contribution in [0, 0.1) is 6.92 Å². The van der Waals surface area contributed by atoms with Crippen LogP contribution in [0.4, 0.5) is 0 Å². The van der Waals surface area contributed by atoms with Gasteiger partial charge in [-0.3, -0.25) is 4.98 Å². The lowest BCUT2D eigenvalue weighted by Gasteiger charge is -2.32. The summed E-state index contributed by atoms with van der Waals surface area (Å²) in [6.07, 6.45) is 5.99. The fourth-order valence-electron chi connectivity index (χ4n) is 2.37. The van der Waals surface area contributed by atoms with E-state index in [1.807, 2.05) is 6.20 Å². The quantitative estimate of drug-likeness (QED) is 0.861. The van der Waals surface area contributed by atoms with Crippen molar-refractivity contribution in [2.24, 2.45) is 0 Å². The van der Waals surface area contributed by atoms with E-state index in [9.17, 15) is 0 Å². The van der Waals surface area contributed by atoms with Crippen LogP contribution >= 0.6 is 0 Å². The molecule has 1 N–H and O–H groups in total. The van der Waals surface area contributed by atoms with E-state index in [2.05, 4.69) is 41.3 Å². The number of nitrogens with one attached hydrogen (secondary N) is 1. The maximum absolute atomic E-state index is 4.40. The molecule has 0 aromatic carbocycles. The normalized spacial score (nSPS) is 21.6. The van der Waals surface area contributed by atoms with Crippen molar-refractivity contribution in [3.05, 3.63) is 29.6 Å². The second kappa shape index (κ2) is 6.12. The molecule has 0 saturated carbocycles. The molecule has 17 heavy (non-hydrogen) atoms. The fraction of sp³-hybridized carbons (Fsp3) is 0.643. The van der Waals surface area contributed by atoms with E-state index in [0.29, 0.717) is 6.04 Å². The Hall–Kier alpha value is -0.930. The minimum atomic E-state index is 0.703. The van der Waals surface area contributed by atoms with Gasteiger partial charge in [0, 0.05) is 25.3 Å². The van der Waals surface area contributed by atoms with Crippen LogP contribution in [0.3, 0.4) is 0 Å². The van der Waals surface area contributed by atoms with Crippen LogP contribution in [0.2, 0.25) is 0 Å². The first kappa shape index (κ1) is 12.5. The molecule has 3 heteroatoms. The third-order valence-electron chi connectivity index (χ3n) is 3.58. The van der Waals surface area contributed by atoms with Gasteiger partial charge in [-0.1, -0.05) is 12.5 Å². The molecule has 1 aliphatic rings. The van der Waals surface area contributed by atoms with Crippen molar-refractivity contribution in [1.29, 1.82) is 0 Å². The number of hydrogen-bond donors (Lipinski definition) is 1. The standard InChI is InChI=1S/C14H23N3/c1-12-6-7-13(16-9-12)10-15-11-14-5-3-4-8-17(14)2/h6-7,9,14-15H,3-5,8,10-11H2,1-2H3. The summed E-state index contributed by atoms with van der Waals surface area (Å²) in [6.45, 7) is 5.27. The molecular formula is C14H23N3. The molecule has 0 radical (unpaired) electrons. The molecule has 1 saturated heterocycles. The molecule has 0 aliphatic carbocycles. The molecule has 0 bridgehead atoms. The molecule has 1 unspecified atom stereocenters. The first-order valence-corrected chi connectivity index (χ1v) is 6.58. The van der Waals surface area contributed by atoms with Gasteiger partial charge in [0.25, 0.3) is 0 Å². The average Bonchev–Trinajstić information content (AvgIpc) is 2.34. The minimum Gasteiger partial charge on any atom is -0.310 e. The highest BCUT2D eigenvalue weighted by molar-refractivity contribution is 5.11. The van der Waals surface area contributed by atoms with Crippen molar-refractivity contribution in [2.45, 2.75) is 38.8 Å². The lowest BCUT2D eigenvalue weighted by atomic mass is 10.0. The number of likely N-dealkylation sites (N-methyl/N-ethyl adjacent to an activating group) is 1. The summed E-state index contributed by atoms with van der Waals surface area (Å²) in [4.78, 5) is 6.88. The first-order chi connectivity index (χ1) is 8.25. The van der Waals surface area contributed by atoms with Gasteiger partial charge in [0.15, 0.2) is 0 Å². The monoisotopic (exact) mass is 233 g/mol. The van der Waals surface area contributed by atoms with Gasteiger partial charge in [0.1, 0.15) is 0 Å². The second-order valence-corrected chi connectivity index (χ2v) is 5.09. The number of rotatable bonds is 4. The van der Waals surface area contributed by atoms with Gasteiger partial charge in [-0.05, 0) is 45.0 Å². The van der Waals surface area contributed by atoms with Crippen LogP contribution in [0.1, 0.15) is 30.5 Å². The summed E-state index contributed by atoms with van der Waals surface area (Å²) in [5, 5.41) is 3.52. The Balaban J connectivity index is 1.73. The molecule has 94 valence electrons. The van der Waals surface area contributed by atoms with Crippen LogP contribution in [0.15, 0.2) is 18.3 Å². The van der Waals surface area contributed by atoms with Crippen LogP contribution in [-0.2, 0) is 6.54 Å². The van der Waals surface area contributed by atoms with Gasteiger partial charge in [0.05, 0.1) is 5.69 Å². The van der Waals surface area contributed by atoms with E-state index in [4.69, 9.17) is 0 Å². The minimum absolute atomic E-state index is 0.703. The lowest BCUT2D eigenvalue weighted by molar-refractivity contribution is 0.181. The van der Waals surface area contributed by atoms with E-state index < -0.39 is 0 Å². The fourth-order valence-corrected chi connectivity index (χ4v) is 2.37. The van der Waals surface area contributed by atoms with Gasteiger partial charge in [0.2, 0.25) is 0 Å². The Morgan fingerprint density at radius 2 is 2.29 bits per heavy atom. The van der Waals surface area contributed by atoms with E-state index in [1.54, 1.807) is 0 Å². The Labute approximate surface area is 104 Å². The topological polar surface area (TPSA) is 28.2 Å². The molecule has 3 nitrogen and oxygen atoms in total. The molecule has 1 aromatic rings. The van der Waals surface area contributed by atoms with E-state index in [-0.39, 0.29) is 0 Å². The van der Waals surface area contributed by atoms with Crippen molar-refractivity contribution < 1.29 is 0 Å². The zero-order valence-electron chi connectivity index (χ0n) is 10.9. The summed E-state index contributed by atoms with van der Waals surface area (Å²) in [5.41, 5.74) is 2.36.